The van der Waals surface area contributed by atoms with Gasteiger partial charge in [0.25, 0.3) is 0 Å². The van der Waals surface area contributed by atoms with Gasteiger partial charge in [-0.1, -0.05) is 42.5 Å². The molecule has 3 nitrogen and oxygen atoms in total. The molecule has 0 aliphatic carbocycles. The van der Waals surface area contributed by atoms with Crippen molar-refractivity contribution in [2.45, 2.75) is 6.10 Å². The number of hydrogen-bond donors (Lipinski definition) is 2. The number of hydrogen-bond acceptors (Lipinski definition) is 3. The molecule has 0 aliphatic rings. The molecule has 1 atom stereocenters. The molecule has 0 aromatic heterocycles. The van der Waals surface area contributed by atoms with Crippen LogP contribution in [0, 0.1) is 0 Å². The Bertz CT molecular complexity index is 597. The van der Waals surface area contributed by atoms with E-state index in [-0.39, 0.29) is 17.6 Å². The maximum Gasteiger partial charge on any atom is 0.115 e. The smallest absolute Gasteiger partial charge is 0.115 e. The largest absolute Gasteiger partial charge is 0.508 e. The Morgan fingerprint density at radius 3 is 2.10 bits per heavy atom. The van der Waals surface area contributed by atoms with Crippen LogP contribution >= 0.6 is 0 Å². The van der Waals surface area contributed by atoms with E-state index in [0.29, 0.717) is 6.61 Å². The number of aromatic hydroxyl groups is 2. The Hall–Kier alpha value is -2.52. The van der Waals surface area contributed by atoms with Gasteiger partial charge >= 0.3 is 0 Å². The van der Waals surface area contributed by atoms with E-state index in [0.717, 1.165) is 11.1 Å². The highest BCUT2D eigenvalue weighted by atomic mass is 16.5. The van der Waals surface area contributed by atoms with E-state index in [1.54, 1.807) is 30.3 Å². The van der Waals surface area contributed by atoms with Crippen molar-refractivity contribution in [1.82, 2.24) is 0 Å². The number of rotatable bonds is 6. The van der Waals surface area contributed by atoms with Crippen LogP contribution in [0.5, 0.6) is 11.5 Å². The predicted molar refractivity (Wildman–Crippen MR) is 84.1 cm³/mol. The summed E-state index contributed by atoms with van der Waals surface area (Å²) in [6.07, 6.45) is 5.34. The minimum atomic E-state index is -0.213. The van der Waals surface area contributed by atoms with Gasteiger partial charge in [0.05, 0.1) is 6.61 Å². The van der Waals surface area contributed by atoms with E-state index < -0.39 is 0 Å². The van der Waals surface area contributed by atoms with E-state index in [9.17, 15) is 10.2 Å². The van der Waals surface area contributed by atoms with Crippen molar-refractivity contribution in [3.05, 3.63) is 78.4 Å². The number of benzene rings is 2. The molecule has 2 rings (SSSR count). The number of phenols is 2. The maximum absolute atomic E-state index is 9.28. The lowest BCUT2D eigenvalue weighted by atomic mass is 10.1. The molecular weight excluding hydrogens is 264 g/mol. The van der Waals surface area contributed by atoms with Gasteiger partial charge in [-0.2, -0.15) is 0 Å². The molecule has 0 heterocycles. The molecule has 2 N–H and O–H groups in total. The van der Waals surface area contributed by atoms with Gasteiger partial charge in [-0.3, -0.25) is 0 Å². The quantitative estimate of drug-likeness (QED) is 0.786. The molecule has 0 fully saturated rings. The summed E-state index contributed by atoms with van der Waals surface area (Å²) in [5.41, 5.74) is 1.94. The van der Waals surface area contributed by atoms with Crippen LogP contribution < -0.4 is 0 Å². The second-order valence-corrected chi connectivity index (χ2v) is 4.58. The molecule has 0 saturated heterocycles. The Kier molecular flexibility index (Phi) is 5.18. The van der Waals surface area contributed by atoms with Gasteiger partial charge < -0.3 is 14.9 Å². The highest BCUT2D eigenvalue weighted by Crippen LogP contribution is 2.21. The molecule has 0 amide bonds. The lowest BCUT2D eigenvalue weighted by Gasteiger charge is -2.13. The van der Waals surface area contributed by atoms with Gasteiger partial charge in [0.1, 0.15) is 17.6 Å². The fourth-order valence-electron chi connectivity index (χ4n) is 1.89. The molecule has 3 heteroatoms. The normalized spacial score (nSPS) is 12.4. The van der Waals surface area contributed by atoms with Crippen molar-refractivity contribution in [3.63, 3.8) is 0 Å². The Labute approximate surface area is 124 Å². The lowest BCUT2D eigenvalue weighted by Crippen LogP contribution is -2.01. The zero-order valence-corrected chi connectivity index (χ0v) is 11.6. The van der Waals surface area contributed by atoms with Crippen LogP contribution in [-0.2, 0) is 4.74 Å². The first-order chi connectivity index (χ1) is 10.2. The summed E-state index contributed by atoms with van der Waals surface area (Å²) in [5, 5.41) is 18.5. The standard InChI is InChI=1S/C18H18O3/c1-2-18(15-7-11-17(20)12-8-15)21-13-3-4-14-5-9-16(19)10-6-14/h2-12,18-20H,1,13H2/b4-3+. The zero-order valence-electron chi connectivity index (χ0n) is 11.6. The van der Waals surface area contributed by atoms with E-state index in [2.05, 4.69) is 6.58 Å². The highest BCUT2D eigenvalue weighted by Gasteiger charge is 2.06. The topological polar surface area (TPSA) is 49.7 Å². The van der Waals surface area contributed by atoms with Crippen LogP contribution in [0.2, 0.25) is 0 Å². The van der Waals surface area contributed by atoms with Crippen LogP contribution in [-0.4, -0.2) is 16.8 Å². The molecule has 21 heavy (non-hydrogen) atoms. The summed E-state index contributed by atoms with van der Waals surface area (Å²) in [5.74, 6) is 0.483. The van der Waals surface area contributed by atoms with Crippen LogP contribution in [0.1, 0.15) is 17.2 Å². The summed E-state index contributed by atoms with van der Waals surface area (Å²) < 4.78 is 5.73. The number of ether oxygens (including phenoxy) is 1. The minimum absolute atomic E-state index is 0.213. The molecule has 0 spiro atoms. The molecule has 0 radical (unpaired) electrons. The highest BCUT2D eigenvalue weighted by molar-refractivity contribution is 5.50. The Morgan fingerprint density at radius 2 is 1.52 bits per heavy atom. The van der Waals surface area contributed by atoms with Gasteiger partial charge in [-0.15, -0.1) is 6.58 Å². The van der Waals surface area contributed by atoms with Gasteiger partial charge in [0.2, 0.25) is 0 Å². The van der Waals surface area contributed by atoms with Crippen LogP contribution in [0.25, 0.3) is 6.08 Å². The molecule has 2 aromatic rings. The molecule has 0 aliphatic heterocycles. The third-order valence-electron chi connectivity index (χ3n) is 3.01. The fraction of sp³-hybridized carbons (Fsp3) is 0.111. The predicted octanol–water partition coefficient (Wildman–Crippen LogP) is 4.05. The Balaban J connectivity index is 1.90. The van der Waals surface area contributed by atoms with Crippen molar-refractivity contribution < 1.29 is 14.9 Å². The van der Waals surface area contributed by atoms with Crippen molar-refractivity contribution in [1.29, 1.82) is 0 Å². The van der Waals surface area contributed by atoms with Gasteiger partial charge in [0, 0.05) is 0 Å². The van der Waals surface area contributed by atoms with E-state index in [1.807, 2.05) is 36.4 Å². The average molecular weight is 282 g/mol. The third-order valence-corrected chi connectivity index (χ3v) is 3.01. The van der Waals surface area contributed by atoms with Crippen molar-refractivity contribution in [2.24, 2.45) is 0 Å². The maximum atomic E-state index is 9.28. The van der Waals surface area contributed by atoms with E-state index >= 15 is 0 Å². The summed E-state index contributed by atoms with van der Waals surface area (Å²) >= 11 is 0. The summed E-state index contributed by atoms with van der Waals surface area (Å²) in [6, 6.07) is 13.8. The summed E-state index contributed by atoms with van der Waals surface area (Å²) in [6.45, 7) is 4.21. The van der Waals surface area contributed by atoms with Crippen LogP contribution in [0.3, 0.4) is 0 Å². The van der Waals surface area contributed by atoms with Gasteiger partial charge in [0.15, 0.2) is 0 Å². The van der Waals surface area contributed by atoms with Crippen molar-refractivity contribution in [2.75, 3.05) is 6.61 Å². The minimum Gasteiger partial charge on any atom is -0.508 e. The second kappa shape index (κ2) is 7.31. The second-order valence-electron chi connectivity index (χ2n) is 4.58. The molecule has 0 saturated carbocycles. The average Bonchev–Trinajstić information content (AvgIpc) is 2.50. The lowest BCUT2D eigenvalue weighted by molar-refractivity contribution is 0.110. The first-order valence-corrected chi connectivity index (χ1v) is 6.67. The number of phenolic OH excluding ortho intramolecular Hbond substituents is 2. The van der Waals surface area contributed by atoms with E-state index in [4.69, 9.17) is 4.74 Å². The molecule has 2 aromatic carbocycles. The van der Waals surface area contributed by atoms with Gasteiger partial charge in [-0.05, 0) is 35.4 Å². The summed E-state index contributed by atoms with van der Waals surface area (Å²) in [7, 11) is 0. The van der Waals surface area contributed by atoms with Crippen LogP contribution in [0.4, 0.5) is 0 Å². The van der Waals surface area contributed by atoms with Crippen LogP contribution in [0.15, 0.2) is 67.3 Å². The summed E-state index contributed by atoms with van der Waals surface area (Å²) in [4.78, 5) is 0. The molecule has 0 bridgehead atoms. The first kappa shape index (κ1) is 14.9. The van der Waals surface area contributed by atoms with Gasteiger partial charge in [-0.25, -0.2) is 0 Å². The monoisotopic (exact) mass is 282 g/mol. The molecule has 108 valence electrons. The Morgan fingerprint density at radius 1 is 0.952 bits per heavy atom. The van der Waals surface area contributed by atoms with Crippen molar-refractivity contribution >= 4 is 6.08 Å². The van der Waals surface area contributed by atoms with Crippen molar-refractivity contribution in [3.8, 4) is 11.5 Å². The molecular formula is C18H18O3. The first-order valence-electron chi connectivity index (χ1n) is 6.67. The molecule has 1 unspecified atom stereocenters. The third kappa shape index (κ3) is 4.51. The fourth-order valence-corrected chi connectivity index (χ4v) is 1.89. The zero-order chi connectivity index (χ0) is 15.1. The SMILES string of the molecule is C=CC(OC/C=C/c1ccc(O)cc1)c1ccc(O)cc1. The van der Waals surface area contributed by atoms with E-state index in [1.165, 1.54) is 0 Å².